The SMILES string of the molecule is CCc1cc(CC)cc([Si](C2=CC(Cc3ccccc3)=CC2)(c2cc(CC)cc(CC)c2)c2cc(CC)cc(CC)c2)c1. The van der Waals surface area contributed by atoms with Gasteiger partial charge in [0.25, 0.3) is 0 Å². The summed E-state index contributed by atoms with van der Waals surface area (Å²) in [6.45, 7) is 13.9. The van der Waals surface area contributed by atoms with Crippen LogP contribution in [0.1, 0.15) is 86.9 Å². The number of aryl methyl sites for hydroxylation is 6. The van der Waals surface area contributed by atoms with E-state index in [-0.39, 0.29) is 0 Å². The Hall–Kier alpha value is -3.42. The molecule has 0 saturated carbocycles. The molecule has 0 heterocycles. The second kappa shape index (κ2) is 13.9. The predicted octanol–water partition coefficient (Wildman–Crippen LogP) is 8.57. The second-order valence-electron chi connectivity index (χ2n) is 12.3. The molecular formula is C42H50Si. The van der Waals surface area contributed by atoms with Crippen LogP contribution < -0.4 is 15.6 Å². The fourth-order valence-corrected chi connectivity index (χ4v) is 12.4. The maximum absolute atomic E-state index is 2.63. The fourth-order valence-electron chi connectivity index (χ4n) is 7.02. The highest BCUT2D eigenvalue weighted by molar-refractivity contribution is 7.16. The first-order chi connectivity index (χ1) is 21.0. The fraction of sp³-hybridized carbons (Fsp3) is 0.333. The third-order valence-electron chi connectivity index (χ3n) is 9.58. The molecule has 0 bridgehead atoms. The second-order valence-corrected chi connectivity index (χ2v) is 16.2. The normalized spacial score (nSPS) is 13.3. The van der Waals surface area contributed by atoms with Crippen LogP contribution in [0.3, 0.4) is 0 Å². The molecule has 43 heavy (non-hydrogen) atoms. The van der Waals surface area contributed by atoms with Gasteiger partial charge in [-0.25, -0.2) is 0 Å². The van der Waals surface area contributed by atoms with E-state index in [0.717, 1.165) is 51.4 Å². The molecule has 1 heteroatoms. The van der Waals surface area contributed by atoms with Crippen LogP contribution in [0, 0.1) is 0 Å². The first-order valence-corrected chi connectivity index (χ1v) is 18.8. The molecule has 0 nitrogen and oxygen atoms in total. The number of hydrogen-bond donors (Lipinski definition) is 0. The van der Waals surface area contributed by atoms with Gasteiger partial charge in [-0.05, 0) is 111 Å². The molecule has 0 radical (unpaired) electrons. The maximum Gasteiger partial charge on any atom is 0.176 e. The summed E-state index contributed by atoms with van der Waals surface area (Å²) in [7, 11) is -2.63. The lowest BCUT2D eigenvalue weighted by molar-refractivity contribution is 1.09. The van der Waals surface area contributed by atoms with Gasteiger partial charge in [0.2, 0.25) is 0 Å². The van der Waals surface area contributed by atoms with Crippen LogP contribution in [0.4, 0.5) is 0 Å². The Bertz CT molecular complexity index is 1420. The summed E-state index contributed by atoms with van der Waals surface area (Å²) < 4.78 is 0. The van der Waals surface area contributed by atoms with E-state index in [1.165, 1.54) is 44.5 Å². The Morgan fingerprint density at radius 2 is 0.837 bits per heavy atom. The van der Waals surface area contributed by atoms with Gasteiger partial charge in [-0.1, -0.05) is 144 Å². The van der Waals surface area contributed by atoms with Crippen molar-refractivity contribution in [2.24, 2.45) is 0 Å². The van der Waals surface area contributed by atoms with Gasteiger partial charge >= 0.3 is 0 Å². The monoisotopic (exact) mass is 582 g/mol. The molecule has 1 aliphatic rings. The van der Waals surface area contributed by atoms with Gasteiger partial charge in [0.15, 0.2) is 8.07 Å². The smallest absolute Gasteiger partial charge is 0.0773 e. The molecule has 0 saturated heterocycles. The highest BCUT2D eigenvalue weighted by atomic mass is 28.3. The van der Waals surface area contributed by atoms with Crippen LogP contribution in [-0.2, 0) is 44.9 Å². The van der Waals surface area contributed by atoms with Gasteiger partial charge in [-0.3, -0.25) is 0 Å². The zero-order valence-electron chi connectivity index (χ0n) is 27.4. The molecule has 0 amide bonds. The van der Waals surface area contributed by atoms with E-state index in [2.05, 4.69) is 139 Å². The number of allylic oxidation sites excluding steroid dienone is 4. The van der Waals surface area contributed by atoms with E-state index in [9.17, 15) is 0 Å². The summed E-state index contributed by atoms with van der Waals surface area (Å²) in [5, 5.41) is 6.33. The predicted molar refractivity (Wildman–Crippen MR) is 191 cm³/mol. The minimum atomic E-state index is -2.63. The first kappa shape index (κ1) is 31.0. The van der Waals surface area contributed by atoms with Crippen molar-refractivity contribution in [2.75, 3.05) is 0 Å². The Morgan fingerprint density at radius 1 is 0.465 bits per heavy atom. The van der Waals surface area contributed by atoms with E-state index in [4.69, 9.17) is 0 Å². The largest absolute Gasteiger partial charge is 0.176 e. The lowest BCUT2D eigenvalue weighted by atomic mass is 10.1. The third-order valence-corrected chi connectivity index (χ3v) is 14.4. The standard InChI is InChI=1S/C42H50Si/c1-7-31-20-32(8-2)25-40(24-31)43(41-26-33(9-3)21-34(10-4)27-41,42-28-35(11-5)22-36(12-6)29-42)39-19-18-38(30-39)23-37-16-14-13-15-17-37/h13-18,20-22,24-30H,7-12,19,23H2,1-6H3. The zero-order valence-corrected chi connectivity index (χ0v) is 28.4. The Labute approximate surface area is 262 Å². The van der Waals surface area contributed by atoms with Crippen LogP contribution in [0.15, 0.2) is 108 Å². The molecule has 4 aromatic carbocycles. The molecule has 5 rings (SSSR count). The highest BCUT2D eigenvalue weighted by Crippen LogP contribution is 2.31. The van der Waals surface area contributed by atoms with Gasteiger partial charge in [0.1, 0.15) is 0 Å². The van der Waals surface area contributed by atoms with Gasteiger partial charge in [-0.15, -0.1) is 0 Å². The van der Waals surface area contributed by atoms with E-state index >= 15 is 0 Å². The van der Waals surface area contributed by atoms with Crippen LogP contribution >= 0.6 is 0 Å². The zero-order chi connectivity index (χ0) is 30.4. The molecular weight excluding hydrogens is 533 g/mol. The summed E-state index contributed by atoms with van der Waals surface area (Å²) in [5.41, 5.74) is 11.6. The Balaban J connectivity index is 1.88. The van der Waals surface area contributed by atoms with Crippen molar-refractivity contribution in [1.82, 2.24) is 0 Å². The van der Waals surface area contributed by atoms with Crippen molar-refractivity contribution in [3.05, 3.63) is 147 Å². The van der Waals surface area contributed by atoms with Crippen LogP contribution in [-0.4, -0.2) is 8.07 Å². The van der Waals surface area contributed by atoms with Gasteiger partial charge < -0.3 is 0 Å². The molecule has 4 aromatic rings. The van der Waals surface area contributed by atoms with Crippen LogP contribution in [0.25, 0.3) is 0 Å². The topological polar surface area (TPSA) is 0 Å². The summed E-state index contributed by atoms with van der Waals surface area (Å²) >= 11 is 0. The van der Waals surface area contributed by atoms with Crippen molar-refractivity contribution in [1.29, 1.82) is 0 Å². The Morgan fingerprint density at radius 3 is 1.19 bits per heavy atom. The lowest BCUT2D eigenvalue weighted by Gasteiger charge is -2.37. The van der Waals surface area contributed by atoms with E-state index in [1.54, 1.807) is 20.8 Å². The molecule has 0 spiro atoms. The maximum atomic E-state index is 2.62. The lowest BCUT2D eigenvalue weighted by Crippen LogP contribution is -2.69. The minimum Gasteiger partial charge on any atom is -0.0773 e. The molecule has 0 N–H and O–H groups in total. The molecule has 0 fully saturated rings. The van der Waals surface area contributed by atoms with Crippen molar-refractivity contribution in [3.63, 3.8) is 0 Å². The van der Waals surface area contributed by atoms with Gasteiger partial charge in [-0.2, -0.15) is 0 Å². The number of benzene rings is 4. The number of rotatable bonds is 12. The first-order valence-electron chi connectivity index (χ1n) is 16.8. The molecule has 0 aromatic heterocycles. The van der Waals surface area contributed by atoms with Crippen molar-refractivity contribution in [2.45, 2.75) is 92.9 Å². The van der Waals surface area contributed by atoms with Crippen molar-refractivity contribution >= 4 is 23.6 Å². The summed E-state index contributed by atoms with van der Waals surface area (Å²) in [4.78, 5) is 0. The van der Waals surface area contributed by atoms with Crippen LogP contribution in [0.2, 0.25) is 0 Å². The molecule has 0 unspecified atom stereocenters. The van der Waals surface area contributed by atoms with Gasteiger partial charge in [0, 0.05) is 0 Å². The van der Waals surface area contributed by atoms with Gasteiger partial charge in [0.05, 0.1) is 0 Å². The summed E-state index contributed by atoms with van der Waals surface area (Å²) in [6, 6.07) is 33.9. The quantitative estimate of drug-likeness (QED) is 0.116. The van der Waals surface area contributed by atoms with Crippen molar-refractivity contribution < 1.29 is 0 Å². The molecule has 222 valence electrons. The average molecular weight is 583 g/mol. The van der Waals surface area contributed by atoms with E-state index in [1.807, 2.05) is 0 Å². The Kier molecular flexibility index (Phi) is 10.0. The number of hydrogen-bond acceptors (Lipinski definition) is 0. The van der Waals surface area contributed by atoms with E-state index in [0.29, 0.717) is 0 Å². The molecule has 0 aliphatic heterocycles. The van der Waals surface area contributed by atoms with E-state index < -0.39 is 8.07 Å². The third kappa shape index (κ3) is 6.43. The minimum absolute atomic E-state index is 0.994. The highest BCUT2D eigenvalue weighted by Gasteiger charge is 2.44. The van der Waals surface area contributed by atoms with Crippen LogP contribution in [0.5, 0.6) is 0 Å². The summed E-state index contributed by atoms with van der Waals surface area (Å²) in [5.74, 6) is 0. The average Bonchev–Trinajstić information content (AvgIpc) is 3.53. The summed E-state index contributed by atoms with van der Waals surface area (Å²) in [6.07, 6.45) is 13.5. The van der Waals surface area contributed by atoms with Crippen molar-refractivity contribution in [3.8, 4) is 0 Å². The molecule has 0 atom stereocenters. The molecule has 1 aliphatic carbocycles.